The molecule has 3 heterocycles. The van der Waals surface area contributed by atoms with Crippen molar-refractivity contribution in [2.75, 3.05) is 44.2 Å². The number of anilines is 1. The molecule has 2 fully saturated rings. The number of rotatable bonds is 5. The molecule has 23 heavy (non-hydrogen) atoms. The third-order valence-corrected chi connectivity index (χ3v) is 4.48. The molecule has 0 unspecified atom stereocenters. The van der Waals surface area contributed by atoms with Gasteiger partial charge in [0, 0.05) is 38.4 Å². The van der Waals surface area contributed by atoms with Crippen LogP contribution < -0.4 is 10.2 Å². The van der Waals surface area contributed by atoms with E-state index in [0.29, 0.717) is 32.3 Å². The highest BCUT2D eigenvalue weighted by molar-refractivity contribution is 5.78. The summed E-state index contributed by atoms with van der Waals surface area (Å²) >= 11 is 0. The molecule has 2 aliphatic rings. The number of carbonyl (C=O) groups excluding carboxylic acids is 1. The van der Waals surface area contributed by atoms with Crippen molar-refractivity contribution >= 4 is 11.7 Å². The lowest BCUT2D eigenvalue weighted by Crippen LogP contribution is -2.49. The molecule has 0 bridgehead atoms. The van der Waals surface area contributed by atoms with E-state index in [-0.39, 0.29) is 12.0 Å². The summed E-state index contributed by atoms with van der Waals surface area (Å²) in [5.41, 5.74) is 0. The predicted molar refractivity (Wildman–Crippen MR) is 87.3 cm³/mol. The van der Waals surface area contributed by atoms with Gasteiger partial charge in [-0.3, -0.25) is 4.79 Å². The van der Waals surface area contributed by atoms with Gasteiger partial charge in [0.15, 0.2) is 5.82 Å². The second kappa shape index (κ2) is 7.70. The van der Waals surface area contributed by atoms with Crippen LogP contribution in [-0.2, 0) is 9.53 Å². The van der Waals surface area contributed by atoms with Gasteiger partial charge in [0.1, 0.15) is 0 Å². The average Bonchev–Trinajstić information content (AvgIpc) is 3.04. The third kappa shape index (κ3) is 4.17. The highest BCUT2D eigenvalue weighted by Crippen LogP contribution is 2.22. The van der Waals surface area contributed by atoms with Gasteiger partial charge in [-0.2, -0.15) is 5.10 Å². The van der Waals surface area contributed by atoms with Gasteiger partial charge < -0.3 is 19.9 Å². The summed E-state index contributed by atoms with van der Waals surface area (Å²) < 4.78 is 5.47. The standard InChI is InChI=1S/C16H25N5O2/c1-13-12-20(8-9-23-13)16(22)11-17-10-14-4-3-7-21(14)15-5-2-6-18-19-15/h2,5-6,13-14,17H,3-4,7-12H2,1H3/t13-,14+/m0/s1. The van der Waals surface area contributed by atoms with Gasteiger partial charge in [-0.25, -0.2) is 0 Å². The van der Waals surface area contributed by atoms with Crippen molar-refractivity contribution in [3.05, 3.63) is 18.3 Å². The van der Waals surface area contributed by atoms with Crippen LogP contribution in [0.25, 0.3) is 0 Å². The van der Waals surface area contributed by atoms with Crippen molar-refractivity contribution in [3.8, 4) is 0 Å². The first-order chi connectivity index (χ1) is 11.2. The smallest absolute Gasteiger partial charge is 0.236 e. The van der Waals surface area contributed by atoms with E-state index in [1.54, 1.807) is 6.20 Å². The Bertz CT molecular complexity index is 512. The van der Waals surface area contributed by atoms with Crippen molar-refractivity contribution in [1.82, 2.24) is 20.4 Å². The van der Waals surface area contributed by atoms with Crippen LogP contribution in [0.3, 0.4) is 0 Å². The Balaban J connectivity index is 1.45. The Labute approximate surface area is 137 Å². The molecule has 3 rings (SSSR count). The van der Waals surface area contributed by atoms with Gasteiger partial charge in [0.2, 0.25) is 5.91 Å². The molecule has 1 N–H and O–H groups in total. The van der Waals surface area contributed by atoms with Gasteiger partial charge in [0.05, 0.1) is 19.3 Å². The Morgan fingerprint density at radius 3 is 3.17 bits per heavy atom. The first kappa shape index (κ1) is 16.1. The monoisotopic (exact) mass is 319 g/mol. The van der Waals surface area contributed by atoms with Crippen molar-refractivity contribution in [2.45, 2.75) is 31.9 Å². The maximum absolute atomic E-state index is 12.2. The summed E-state index contributed by atoms with van der Waals surface area (Å²) in [7, 11) is 0. The lowest BCUT2D eigenvalue weighted by Gasteiger charge is -2.31. The van der Waals surface area contributed by atoms with E-state index in [4.69, 9.17) is 4.74 Å². The first-order valence-electron chi connectivity index (χ1n) is 8.38. The van der Waals surface area contributed by atoms with E-state index < -0.39 is 0 Å². The highest BCUT2D eigenvalue weighted by atomic mass is 16.5. The predicted octanol–water partition coefficient (Wildman–Crippen LogP) is 0.282. The lowest BCUT2D eigenvalue weighted by atomic mass is 10.2. The number of amides is 1. The van der Waals surface area contributed by atoms with Crippen LogP contribution in [0.15, 0.2) is 18.3 Å². The second-order valence-electron chi connectivity index (χ2n) is 6.22. The molecule has 0 aromatic carbocycles. The molecule has 0 radical (unpaired) electrons. The molecule has 0 saturated carbocycles. The van der Waals surface area contributed by atoms with Crippen LogP contribution in [0.2, 0.25) is 0 Å². The van der Waals surface area contributed by atoms with Crippen molar-refractivity contribution in [1.29, 1.82) is 0 Å². The van der Waals surface area contributed by atoms with Gasteiger partial charge in [-0.05, 0) is 31.9 Å². The van der Waals surface area contributed by atoms with Gasteiger partial charge in [-0.1, -0.05) is 0 Å². The number of nitrogens with one attached hydrogen (secondary N) is 1. The normalized spacial score (nSPS) is 24.9. The molecule has 1 aromatic rings. The molecule has 1 amide bonds. The van der Waals surface area contributed by atoms with Crippen LogP contribution in [0.5, 0.6) is 0 Å². The minimum Gasteiger partial charge on any atom is -0.375 e. The number of ether oxygens (including phenoxy) is 1. The summed E-state index contributed by atoms with van der Waals surface area (Å²) in [5.74, 6) is 1.08. The van der Waals surface area contributed by atoms with Gasteiger partial charge in [-0.15, -0.1) is 5.10 Å². The zero-order chi connectivity index (χ0) is 16.1. The van der Waals surface area contributed by atoms with E-state index in [0.717, 1.165) is 31.7 Å². The Hall–Kier alpha value is -1.73. The fourth-order valence-corrected chi connectivity index (χ4v) is 3.30. The second-order valence-corrected chi connectivity index (χ2v) is 6.22. The molecule has 0 aliphatic carbocycles. The average molecular weight is 319 g/mol. The SMILES string of the molecule is C[C@H]1CN(C(=O)CNC[C@H]2CCCN2c2cccnn2)CCO1. The van der Waals surface area contributed by atoms with Crippen molar-refractivity contribution in [2.24, 2.45) is 0 Å². The van der Waals surface area contributed by atoms with Crippen LogP contribution in [0, 0.1) is 0 Å². The van der Waals surface area contributed by atoms with E-state index in [9.17, 15) is 4.79 Å². The van der Waals surface area contributed by atoms with Gasteiger partial charge >= 0.3 is 0 Å². The number of carbonyl (C=O) groups is 1. The Morgan fingerprint density at radius 2 is 2.39 bits per heavy atom. The maximum Gasteiger partial charge on any atom is 0.236 e. The number of nitrogens with zero attached hydrogens (tertiary/aromatic N) is 4. The number of aromatic nitrogens is 2. The van der Waals surface area contributed by atoms with E-state index >= 15 is 0 Å². The molecule has 1 aromatic heterocycles. The van der Waals surface area contributed by atoms with Crippen LogP contribution >= 0.6 is 0 Å². The fraction of sp³-hybridized carbons (Fsp3) is 0.688. The van der Waals surface area contributed by atoms with E-state index in [1.807, 2.05) is 24.0 Å². The summed E-state index contributed by atoms with van der Waals surface area (Å²) in [4.78, 5) is 16.4. The van der Waals surface area contributed by atoms with Crippen LogP contribution in [-0.4, -0.2) is 72.5 Å². The summed E-state index contributed by atoms with van der Waals surface area (Å²) in [6.45, 7) is 6.20. The first-order valence-corrected chi connectivity index (χ1v) is 8.38. The minimum atomic E-state index is 0.134. The van der Waals surface area contributed by atoms with Gasteiger partial charge in [0.25, 0.3) is 0 Å². The molecule has 2 aliphatic heterocycles. The quantitative estimate of drug-likeness (QED) is 0.841. The Kier molecular flexibility index (Phi) is 5.40. The largest absolute Gasteiger partial charge is 0.375 e. The Morgan fingerprint density at radius 1 is 1.48 bits per heavy atom. The lowest BCUT2D eigenvalue weighted by molar-refractivity contribution is -0.137. The zero-order valence-electron chi connectivity index (χ0n) is 13.6. The molecule has 0 spiro atoms. The molecule has 7 heteroatoms. The zero-order valence-corrected chi connectivity index (χ0v) is 13.6. The van der Waals surface area contributed by atoms with E-state index in [2.05, 4.69) is 20.4 Å². The summed E-state index contributed by atoms with van der Waals surface area (Å²) in [5, 5.41) is 11.5. The molecule has 2 atom stereocenters. The summed E-state index contributed by atoms with van der Waals surface area (Å²) in [6.07, 6.45) is 4.09. The third-order valence-electron chi connectivity index (χ3n) is 4.48. The topological polar surface area (TPSA) is 70.6 Å². The molecular weight excluding hydrogens is 294 g/mol. The number of hydrogen-bond donors (Lipinski definition) is 1. The molecular formula is C16H25N5O2. The molecule has 7 nitrogen and oxygen atoms in total. The van der Waals surface area contributed by atoms with Crippen LogP contribution in [0.1, 0.15) is 19.8 Å². The highest BCUT2D eigenvalue weighted by Gasteiger charge is 2.26. The fourth-order valence-electron chi connectivity index (χ4n) is 3.30. The molecule has 2 saturated heterocycles. The summed E-state index contributed by atoms with van der Waals surface area (Å²) in [6, 6.07) is 4.28. The van der Waals surface area contributed by atoms with Crippen molar-refractivity contribution in [3.63, 3.8) is 0 Å². The number of morpholine rings is 1. The van der Waals surface area contributed by atoms with Crippen LogP contribution in [0.4, 0.5) is 5.82 Å². The van der Waals surface area contributed by atoms with Crippen molar-refractivity contribution < 1.29 is 9.53 Å². The number of hydrogen-bond acceptors (Lipinski definition) is 6. The maximum atomic E-state index is 12.2. The minimum absolute atomic E-state index is 0.134. The molecule has 126 valence electrons. The van der Waals surface area contributed by atoms with E-state index in [1.165, 1.54) is 0 Å².